The van der Waals surface area contributed by atoms with Crippen molar-refractivity contribution in [1.29, 1.82) is 0 Å². The molecular formula is C18H18N2O2S. The Hall–Kier alpha value is -2.53. The number of nitrogens with one attached hydrogen (secondary N) is 1. The lowest BCUT2D eigenvalue weighted by Gasteiger charge is -2.08. The van der Waals surface area contributed by atoms with Crippen molar-refractivity contribution in [2.45, 2.75) is 6.92 Å². The average Bonchev–Trinajstić information content (AvgIpc) is 2.96. The van der Waals surface area contributed by atoms with Gasteiger partial charge in [0.05, 0.1) is 25.6 Å². The van der Waals surface area contributed by atoms with Gasteiger partial charge in [0.2, 0.25) is 0 Å². The molecule has 1 N–H and O–H groups in total. The maximum Gasteiger partial charge on any atom is 0.188 e. The standard InChI is InChI=1S/C18H18N2O2S/c1-12-17(13-8-10-14(21-2)11-9-13)20-18(23-12)19-15-6-4-5-7-16(15)22-3/h4-11H,1-3H3,(H,19,20). The molecule has 0 fully saturated rings. The third kappa shape index (κ3) is 3.29. The molecule has 5 heteroatoms. The highest BCUT2D eigenvalue weighted by Gasteiger charge is 2.11. The molecule has 0 atom stereocenters. The number of nitrogens with zero attached hydrogens (tertiary/aromatic N) is 1. The number of ether oxygens (including phenoxy) is 2. The van der Waals surface area contributed by atoms with Crippen LogP contribution in [0.1, 0.15) is 4.88 Å². The van der Waals surface area contributed by atoms with Crippen molar-refractivity contribution in [3.05, 3.63) is 53.4 Å². The van der Waals surface area contributed by atoms with Crippen LogP contribution in [0.25, 0.3) is 11.3 Å². The van der Waals surface area contributed by atoms with Crippen LogP contribution in [0.3, 0.4) is 0 Å². The molecule has 0 aliphatic rings. The summed E-state index contributed by atoms with van der Waals surface area (Å²) in [6.07, 6.45) is 0. The molecule has 3 rings (SSSR count). The third-order valence-corrected chi connectivity index (χ3v) is 4.39. The number of thiazole rings is 1. The summed E-state index contributed by atoms with van der Waals surface area (Å²) in [6.45, 7) is 2.07. The van der Waals surface area contributed by atoms with Crippen molar-refractivity contribution < 1.29 is 9.47 Å². The summed E-state index contributed by atoms with van der Waals surface area (Å²) in [5.74, 6) is 1.64. The van der Waals surface area contributed by atoms with E-state index in [-0.39, 0.29) is 0 Å². The van der Waals surface area contributed by atoms with Gasteiger partial charge in [-0.25, -0.2) is 4.98 Å². The third-order valence-electron chi connectivity index (χ3n) is 3.51. The molecule has 1 aromatic heterocycles. The number of methoxy groups -OCH3 is 2. The van der Waals surface area contributed by atoms with E-state index in [1.807, 2.05) is 48.5 Å². The van der Waals surface area contributed by atoms with Crippen LogP contribution in [0.5, 0.6) is 11.5 Å². The SMILES string of the molecule is COc1ccc(-c2nc(Nc3ccccc3OC)sc2C)cc1. The number of benzene rings is 2. The highest BCUT2D eigenvalue weighted by molar-refractivity contribution is 7.16. The van der Waals surface area contributed by atoms with Crippen LogP contribution < -0.4 is 14.8 Å². The second kappa shape index (κ2) is 6.71. The van der Waals surface area contributed by atoms with Gasteiger partial charge in [-0.15, -0.1) is 11.3 Å². The fraction of sp³-hybridized carbons (Fsp3) is 0.167. The van der Waals surface area contributed by atoms with E-state index in [0.29, 0.717) is 0 Å². The minimum atomic E-state index is 0.798. The summed E-state index contributed by atoms with van der Waals surface area (Å²) in [7, 11) is 3.33. The molecule has 3 aromatic rings. The fourth-order valence-electron chi connectivity index (χ4n) is 2.33. The van der Waals surface area contributed by atoms with Gasteiger partial charge in [-0.3, -0.25) is 0 Å². The van der Waals surface area contributed by atoms with Crippen LogP contribution in [0.4, 0.5) is 10.8 Å². The zero-order valence-corrected chi connectivity index (χ0v) is 14.1. The molecule has 23 heavy (non-hydrogen) atoms. The molecule has 0 amide bonds. The first-order chi connectivity index (χ1) is 11.2. The second-order valence-corrected chi connectivity index (χ2v) is 6.18. The Balaban J connectivity index is 1.88. The zero-order chi connectivity index (χ0) is 16.2. The predicted octanol–water partition coefficient (Wildman–Crippen LogP) is 4.88. The van der Waals surface area contributed by atoms with Crippen molar-refractivity contribution in [3.63, 3.8) is 0 Å². The second-order valence-electron chi connectivity index (χ2n) is 4.98. The van der Waals surface area contributed by atoms with E-state index < -0.39 is 0 Å². The van der Waals surface area contributed by atoms with E-state index in [2.05, 4.69) is 12.2 Å². The molecule has 0 spiro atoms. The Kier molecular flexibility index (Phi) is 4.48. The molecule has 4 nitrogen and oxygen atoms in total. The van der Waals surface area contributed by atoms with Crippen LogP contribution in [0.2, 0.25) is 0 Å². The number of para-hydroxylation sites is 2. The summed E-state index contributed by atoms with van der Waals surface area (Å²) in [5, 5.41) is 4.18. The van der Waals surface area contributed by atoms with E-state index in [9.17, 15) is 0 Å². The van der Waals surface area contributed by atoms with Crippen LogP contribution in [0, 0.1) is 6.92 Å². The van der Waals surface area contributed by atoms with E-state index >= 15 is 0 Å². The van der Waals surface area contributed by atoms with E-state index in [1.54, 1.807) is 25.6 Å². The molecule has 0 unspecified atom stereocenters. The number of hydrogen-bond acceptors (Lipinski definition) is 5. The highest BCUT2D eigenvalue weighted by Crippen LogP contribution is 2.34. The molecule has 0 saturated carbocycles. The van der Waals surface area contributed by atoms with Gasteiger partial charge in [0.25, 0.3) is 0 Å². The van der Waals surface area contributed by atoms with Crippen LogP contribution >= 0.6 is 11.3 Å². The minimum Gasteiger partial charge on any atom is -0.497 e. The van der Waals surface area contributed by atoms with Gasteiger partial charge in [0.1, 0.15) is 11.5 Å². The molecule has 0 bridgehead atoms. The van der Waals surface area contributed by atoms with Gasteiger partial charge in [0.15, 0.2) is 5.13 Å². The average molecular weight is 326 g/mol. The number of hydrogen-bond donors (Lipinski definition) is 1. The normalized spacial score (nSPS) is 10.4. The Morgan fingerprint density at radius 2 is 1.70 bits per heavy atom. The van der Waals surface area contributed by atoms with Crippen molar-refractivity contribution in [1.82, 2.24) is 4.98 Å². The zero-order valence-electron chi connectivity index (χ0n) is 13.3. The number of aromatic nitrogens is 1. The topological polar surface area (TPSA) is 43.4 Å². The van der Waals surface area contributed by atoms with E-state index in [0.717, 1.165) is 38.5 Å². The van der Waals surface area contributed by atoms with Crippen LogP contribution in [-0.4, -0.2) is 19.2 Å². The van der Waals surface area contributed by atoms with Gasteiger partial charge in [-0.2, -0.15) is 0 Å². The van der Waals surface area contributed by atoms with E-state index in [4.69, 9.17) is 14.5 Å². The molecule has 0 radical (unpaired) electrons. The van der Waals surface area contributed by atoms with Gasteiger partial charge in [-0.1, -0.05) is 12.1 Å². The highest BCUT2D eigenvalue weighted by atomic mass is 32.1. The number of aryl methyl sites for hydroxylation is 1. The smallest absolute Gasteiger partial charge is 0.188 e. The lowest BCUT2D eigenvalue weighted by molar-refractivity contribution is 0.415. The molecular weight excluding hydrogens is 308 g/mol. The molecule has 2 aromatic carbocycles. The van der Waals surface area contributed by atoms with E-state index in [1.165, 1.54) is 0 Å². The van der Waals surface area contributed by atoms with Crippen LogP contribution in [-0.2, 0) is 0 Å². The van der Waals surface area contributed by atoms with Crippen LogP contribution in [0.15, 0.2) is 48.5 Å². The molecule has 1 heterocycles. The number of rotatable bonds is 5. The summed E-state index contributed by atoms with van der Waals surface area (Å²) in [6, 6.07) is 15.7. The summed E-state index contributed by atoms with van der Waals surface area (Å²) in [5.41, 5.74) is 2.97. The summed E-state index contributed by atoms with van der Waals surface area (Å²) >= 11 is 1.62. The molecule has 0 aliphatic carbocycles. The molecule has 118 valence electrons. The summed E-state index contributed by atoms with van der Waals surface area (Å²) in [4.78, 5) is 5.88. The number of anilines is 2. The quantitative estimate of drug-likeness (QED) is 0.726. The Morgan fingerprint density at radius 1 is 0.957 bits per heavy atom. The maximum atomic E-state index is 5.37. The first kappa shape index (κ1) is 15.4. The molecule has 0 saturated heterocycles. The Bertz CT molecular complexity index is 797. The van der Waals surface area contributed by atoms with Crippen molar-refractivity contribution in [2.24, 2.45) is 0 Å². The van der Waals surface area contributed by atoms with Crippen molar-refractivity contribution in [2.75, 3.05) is 19.5 Å². The Labute approximate surface area is 139 Å². The lowest BCUT2D eigenvalue weighted by atomic mass is 10.1. The first-order valence-corrected chi connectivity index (χ1v) is 8.05. The fourth-order valence-corrected chi connectivity index (χ4v) is 3.18. The van der Waals surface area contributed by atoms with Gasteiger partial charge < -0.3 is 14.8 Å². The van der Waals surface area contributed by atoms with Crippen molar-refractivity contribution >= 4 is 22.2 Å². The van der Waals surface area contributed by atoms with Gasteiger partial charge >= 0.3 is 0 Å². The predicted molar refractivity (Wildman–Crippen MR) is 95.1 cm³/mol. The van der Waals surface area contributed by atoms with Gasteiger partial charge in [-0.05, 0) is 43.3 Å². The maximum absolute atomic E-state index is 5.37. The first-order valence-electron chi connectivity index (χ1n) is 7.23. The van der Waals surface area contributed by atoms with Crippen molar-refractivity contribution in [3.8, 4) is 22.8 Å². The minimum absolute atomic E-state index is 0.798. The lowest BCUT2D eigenvalue weighted by Crippen LogP contribution is -1.93. The molecule has 0 aliphatic heterocycles. The Morgan fingerprint density at radius 3 is 2.39 bits per heavy atom. The monoisotopic (exact) mass is 326 g/mol. The summed E-state index contributed by atoms with van der Waals surface area (Å²) < 4.78 is 10.6. The van der Waals surface area contributed by atoms with Gasteiger partial charge in [0, 0.05) is 10.4 Å². The largest absolute Gasteiger partial charge is 0.497 e.